The second kappa shape index (κ2) is 5.89. The van der Waals surface area contributed by atoms with E-state index in [4.69, 9.17) is 9.47 Å². The Hall–Kier alpha value is -1.81. The van der Waals surface area contributed by atoms with Crippen LogP contribution in [0.5, 0.6) is 11.5 Å². The van der Waals surface area contributed by atoms with Crippen molar-refractivity contribution in [3.05, 3.63) is 57.2 Å². The van der Waals surface area contributed by atoms with Crippen LogP contribution in [0.25, 0.3) is 11.1 Å². The third-order valence-electron chi connectivity index (χ3n) is 2.78. The maximum atomic E-state index is 12.4. The van der Waals surface area contributed by atoms with Gasteiger partial charge < -0.3 is 9.47 Å². The number of ether oxygens (including phenoxy) is 2. The predicted molar refractivity (Wildman–Crippen MR) is 79.0 cm³/mol. The van der Waals surface area contributed by atoms with Crippen LogP contribution in [0.2, 0.25) is 0 Å². The highest BCUT2D eigenvalue weighted by Gasteiger charge is 2.09. The first-order valence-electron chi connectivity index (χ1n) is 5.68. The monoisotopic (exact) mass is 320 g/mol. The second-order valence-corrected chi connectivity index (χ2v) is 4.73. The molecule has 0 heterocycles. The molecule has 0 atom stereocenters. The molecule has 19 heavy (non-hydrogen) atoms. The van der Waals surface area contributed by atoms with Gasteiger partial charge in [-0.15, -0.1) is 0 Å². The zero-order valence-corrected chi connectivity index (χ0v) is 12.2. The second-order valence-electron chi connectivity index (χ2n) is 3.88. The quantitative estimate of drug-likeness (QED) is 0.868. The van der Waals surface area contributed by atoms with Gasteiger partial charge in [0.2, 0.25) is 5.43 Å². The molecule has 0 aliphatic carbocycles. The molecular weight excluding hydrogens is 308 g/mol. The molecule has 0 N–H and O–H groups in total. The Morgan fingerprint density at radius 1 is 0.947 bits per heavy atom. The van der Waals surface area contributed by atoms with E-state index in [9.17, 15) is 4.79 Å². The molecule has 4 heteroatoms. The van der Waals surface area contributed by atoms with Crippen LogP contribution >= 0.6 is 15.9 Å². The number of hydrogen-bond acceptors (Lipinski definition) is 3. The van der Waals surface area contributed by atoms with Crippen molar-refractivity contribution in [3.8, 4) is 22.6 Å². The van der Waals surface area contributed by atoms with E-state index >= 15 is 0 Å². The Kier molecular flexibility index (Phi) is 4.22. The van der Waals surface area contributed by atoms with E-state index in [2.05, 4.69) is 15.9 Å². The van der Waals surface area contributed by atoms with Crippen LogP contribution in [0.1, 0.15) is 0 Å². The highest BCUT2D eigenvalue weighted by Crippen LogP contribution is 2.24. The highest BCUT2D eigenvalue weighted by molar-refractivity contribution is 9.10. The summed E-state index contributed by atoms with van der Waals surface area (Å²) in [5, 5.41) is 0. The summed E-state index contributed by atoms with van der Waals surface area (Å²) >= 11 is 3.32. The van der Waals surface area contributed by atoms with Crippen LogP contribution in [-0.4, -0.2) is 14.2 Å². The highest BCUT2D eigenvalue weighted by atomic mass is 79.9. The van der Waals surface area contributed by atoms with E-state index < -0.39 is 0 Å². The Bertz CT molecular complexity index is 636. The molecule has 3 nitrogen and oxygen atoms in total. The summed E-state index contributed by atoms with van der Waals surface area (Å²) < 4.78 is 10.9. The maximum absolute atomic E-state index is 12.4. The van der Waals surface area contributed by atoms with E-state index in [1.807, 2.05) is 30.3 Å². The van der Waals surface area contributed by atoms with Crippen LogP contribution in [0.15, 0.2) is 51.7 Å². The molecule has 0 bridgehead atoms. The fourth-order valence-corrected chi connectivity index (χ4v) is 2.29. The minimum Gasteiger partial charge on any atom is -0.497 e. The lowest BCUT2D eigenvalue weighted by molar-refractivity contribution is 0.409. The summed E-state index contributed by atoms with van der Waals surface area (Å²) in [4.78, 5) is 12.4. The lowest BCUT2D eigenvalue weighted by Gasteiger charge is -2.03. The van der Waals surface area contributed by atoms with Gasteiger partial charge in [-0.05, 0) is 39.7 Å². The van der Waals surface area contributed by atoms with Gasteiger partial charge in [-0.25, -0.2) is 0 Å². The van der Waals surface area contributed by atoms with Crippen LogP contribution in [0.4, 0.5) is 0 Å². The molecule has 0 unspecified atom stereocenters. The van der Waals surface area contributed by atoms with Gasteiger partial charge in [0.15, 0.2) is 5.75 Å². The van der Waals surface area contributed by atoms with Crippen LogP contribution in [-0.2, 0) is 0 Å². The van der Waals surface area contributed by atoms with Gasteiger partial charge in [-0.1, -0.05) is 24.3 Å². The lowest BCUT2D eigenvalue weighted by Crippen LogP contribution is -2.05. The molecule has 0 aliphatic heterocycles. The largest absolute Gasteiger partial charge is 0.497 e. The van der Waals surface area contributed by atoms with E-state index in [1.165, 1.54) is 7.11 Å². The molecule has 98 valence electrons. The number of halogens is 1. The number of benzene rings is 1. The summed E-state index contributed by atoms with van der Waals surface area (Å²) in [6, 6.07) is 12.7. The van der Waals surface area contributed by atoms with Gasteiger partial charge in [-0.2, -0.15) is 0 Å². The molecule has 0 saturated carbocycles. The molecular formula is C15H13BrO3. The minimum absolute atomic E-state index is 0.149. The third-order valence-corrected chi connectivity index (χ3v) is 3.40. The molecule has 0 spiro atoms. The predicted octanol–water partition coefficient (Wildman–Crippen LogP) is 3.49. The Labute approximate surface area is 119 Å². The van der Waals surface area contributed by atoms with Gasteiger partial charge in [0.1, 0.15) is 5.75 Å². The van der Waals surface area contributed by atoms with Gasteiger partial charge in [0.25, 0.3) is 0 Å². The average Bonchev–Trinajstić information content (AvgIpc) is 2.57. The van der Waals surface area contributed by atoms with E-state index in [1.54, 1.807) is 19.2 Å². The molecule has 0 saturated heterocycles. The lowest BCUT2D eigenvalue weighted by atomic mass is 10.1. The molecule has 0 aromatic heterocycles. The summed E-state index contributed by atoms with van der Waals surface area (Å²) in [6.45, 7) is 0. The number of rotatable bonds is 3. The van der Waals surface area contributed by atoms with Crippen molar-refractivity contribution in [2.45, 2.75) is 0 Å². The van der Waals surface area contributed by atoms with Crippen molar-refractivity contribution in [1.29, 1.82) is 0 Å². The smallest absolute Gasteiger partial charge is 0.229 e. The van der Waals surface area contributed by atoms with Crippen molar-refractivity contribution in [2.24, 2.45) is 0 Å². The molecule has 2 aromatic rings. The van der Waals surface area contributed by atoms with E-state index in [-0.39, 0.29) is 5.43 Å². The first-order chi connectivity index (χ1) is 9.17. The fourth-order valence-electron chi connectivity index (χ4n) is 1.80. The third kappa shape index (κ3) is 2.79. The topological polar surface area (TPSA) is 35.5 Å². The number of hydrogen-bond donors (Lipinski definition) is 0. The number of methoxy groups -OCH3 is 2. The van der Waals surface area contributed by atoms with Gasteiger partial charge >= 0.3 is 0 Å². The van der Waals surface area contributed by atoms with Crippen molar-refractivity contribution in [1.82, 2.24) is 0 Å². The van der Waals surface area contributed by atoms with Crippen LogP contribution < -0.4 is 14.9 Å². The van der Waals surface area contributed by atoms with Crippen molar-refractivity contribution in [3.63, 3.8) is 0 Å². The summed E-state index contributed by atoms with van der Waals surface area (Å²) in [5.74, 6) is 1.06. The Morgan fingerprint density at radius 3 is 2.21 bits per heavy atom. The summed E-state index contributed by atoms with van der Waals surface area (Å²) in [7, 11) is 3.09. The molecule has 0 fully saturated rings. The summed E-state index contributed by atoms with van der Waals surface area (Å²) in [5.41, 5.74) is 1.27. The minimum atomic E-state index is -0.149. The molecule has 2 rings (SSSR count). The van der Waals surface area contributed by atoms with Gasteiger partial charge in [0, 0.05) is 5.56 Å². The zero-order chi connectivity index (χ0) is 13.8. The Morgan fingerprint density at radius 2 is 1.63 bits per heavy atom. The first kappa shape index (κ1) is 13.6. The molecule has 0 aliphatic rings. The fraction of sp³-hybridized carbons (Fsp3) is 0.133. The molecule has 2 aromatic carbocycles. The van der Waals surface area contributed by atoms with Gasteiger partial charge in [0.05, 0.1) is 18.7 Å². The first-order valence-corrected chi connectivity index (χ1v) is 6.48. The van der Waals surface area contributed by atoms with Gasteiger partial charge in [-0.3, -0.25) is 4.79 Å². The maximum Gasteiger partial charge on any atom is 0.229 e. The van der Waals surface area contributed by atoms with Crippen molar-refractivity contribution < 1.29 is 9.47 Å². The SMILES string of the molecule is COc1ccc(-c2cccc(Br)c(OC)c2=O)cc1. The van der Waals surface area contributed by atoms with E-state index in [0.717, 1.165) is 11.3 Å². The van der Waals surface area contributed by atoms with E-state index in [0.29, 0.717) is 15.8 Å². The summed E-state index contributed by atoms with van der Waals surface area (Å²) in [6.07, 6.45) is 0. The normalized spacial score (nSPS) is 10.1. The average molecular weight is 321 g/mol. The molecule has 0 amide bonds. The standard InChI is InChI=1S/C15H13BrO3/c1-18-11-8-6-10(7-9-11)12-4-3-5-13(16)15(19-2)14(12)17/h3-9H,1-2H3. The van der Waals surface area contributed by atoms with Crippen molar-refractivity contribution in [2.75, 3.05) is 14.2 Å². The van der Waals surface area contributed by atoms with Crippen LogP contribution in [0, 0.1) is 0 Å². The van der Waals surface area contributed by atoms with Crippen molar-refractivity contribution >= 4 is 15.9 Å². The Balaban J connectivity index is 2.62. The van der Waals surface area contributed by atoms with Crippen LogP contribution in [0.3, 0.4) is 0 Å². The molecule has 0 radical (unpaired) electrons. The zero-order valence-electron chi connectivity index (χ0n) is 10.6.